The van der Waals surface area contributed by atoms with E-state index in [0.29, 0.717) is 18.5 Å². The van der Waals surface area contributed by atoms with Gasteiger partial charge < -0.3 is 20.3 Å². The molecule has 0 bridgehead atoms. The van der Waals surface area contributed by atoms with E-state index in [9.17, 15) is 4.79 Å². The SMILES string of the molecule is CCNC(=O)N[C@H]1CCN(CCCOCC)C[C@H]1C. The normalized spacial score (nSPS) is 24.2. The Morgan fingerprint density at radius 2 is 2.21 bits per heavy atom. The van der Waals surface area contributed by atoms with Gasteiger partial charge in [0.2, 0.25) is 0 Å². The third-order valence-electron chi connectivity index (χ3n) is 3.61. The van der Waals surface area contributed by atoms with Crippen LogP contribution >= 0.6 is 0 Å². The third kappa shape index (κ3) is 6.25. The van der Waals surface area contributed by atoms with Crippen molar-refractivity contribution < 1.29 is 9.53 Å². The summed E-state index contributed by atoms with van der Waals surface area (Å²) in [5, 5.41) is 5.86. The van der Waals surface area contributed by atoms with Crippen molar-refractivity contribution in [3.8, 4) is 0 Å². The fraction of sp³-hybridized carbons (Fsp3) is 0.929. The molecule has 1 heterocycles. The van der Waals surface area contributed by atoms with Crippen LogP contribution in [0, 0.1) is 5.92 Å². The monoisotopic (exact) mass is 271 g/mol. The fourth-order valence-corrected chi connectivity index (χ4v) is 2.56. The zero-order valence-electron chi connectivity index (χ0n) is 12.6. The molecular weight excluding hydrogens is 242 g/mol. The van der Waals surface area contributed by atoms with Gasteiger partial charge in [-0.05, 0) is 32.6 Å². The number of carbonyl (C=O) groups is 1. The van der Waals surface area contributed by atoms with Crippen LogP contribution in [0.3, 0.4) is 0 Å². The number of nitrogens with one attached hydrogen (secondary N) is 2. The maximum Gasteiger partial charge on any atom is 0.315 e. The minimum atomic E-state index is -0.0378. The molecule has 1 saturated heterocycles. The van der Waals surface area contributed by atoms with E-state index in [-0.39, 0.29) is 6.03 Å². The molecule has 0 aromatic rings. The number of hydrogen-bond donors (Lipinski definition) is 2. The van der Waals surface area contributed by atoms with E-state index in [4.69, 9.17) is 4.74 Å². The molecule has 0 spiro atoms. The number of rotatable bonds is 7. The van der Waals surface area contributed by atoms with Crippen molar-refractivity contribution in [1.29, 1.82) is 0 Å². The summed E-state index contributed by atoms with van der Waals surface area (Å²) in [7, 11) is 0. The minimum absolute atomic E-state index is 0.0378. The second kappa shape index (κ2) is 9.15. The summed E-state index contributed by atoms with van der Waals surface area (Å²) in [5.41, 5.74) is 0. The van der Waals surface area contributed by atoms with E-state index >= 15 is 0 Å². The van der Waals surface area contributed by atoms with Crippen LogP contribution in [0.5, 0.6) is 0 Å². The highest BCUT2D eigenvalue weighted by Crippen LogP contribution is 2.16. The third-order valence-corrected chi connectivity index (χ3v) is 3.61. The molecule has 0 radical (unpaired) electrons. The van der Waals surface area contributed by atoms with Crippen LogP contribution in [-0.4, -0.2) is 56.4 Å². The maximum absolute atomic E-state index is 11.5. The Bertz CT molecular complexity index is 261. The van der Waals surface area contributed by atoms with Gasteiger partial charge >= 0.3 is 6.03 Å². The number of nitrogens with zero attached hydrogens (tertiary/aromatic N) is 1. The summed E-state index contributed by atoms with van der Waals surface area (Å²) in [4.78, 5) is 14.0. The second-order valence-corrected chi connectivity index (χ2v) is 5.23. The molecule has 0 aromatic heterocycles. The topological polar surface area (TPSA) is 53.6 Å². The predicted molar refractivity (Wildman–Crippen MR) is 77.3 cm³/mol. The summed E-state index contributed by atoms with van der Waals surface area (Å²) in [6.45, 7) is 11.7. The highest BCUT2D eigenvalue weighted by Gasteiger charge is 2.26. The minimum Gasteiger partial charge on any atom is -0.382 e. The van der Waals surface area contributed by atoms with Crippen LogP contribution < -0.4 is 10.6 Å². The van der Waals surface area contributed by atoms with Crippen LogP contribution in [0.25, 0.3) is 0 Å². The number of piperidine rings is 1. The number of amides is 2. The average Bonchev–Trinajstić information content (AvgIpc) is 2.38. The lowest BCUT2D eigenvalue weighted by molar-refractivity contribution is 0.110. The Kier molecular flexibility index (Phi) is 7.82. The van der Waals surface area contributed by atoms with Crippen LogP contribution in [0.4, 0.5) is 4.79 Å². The fourth-order valence-electron chi connectivity index (χ4n) is 2.56. The number of urea groups is 1. The number of likely N-dealkylation sites (tertiary alicyclic amines) is 1. The number of carbonyl (C=O) groups excluding carboxylic acids is 1. The molecule has 112 valence electrons. The molecule has 0 unspecified atom stereocenters. The Morgan fingerprint density at radius 3 is 2.84 bits per heavy atom. The van der Waals surface area contributed by atoms with Crippen molar-refractivity contribution in [2.45, 2.75) is 39.7 Å². The van der Waals surface area contributed by atoms with E-state index in [1.807, 2.05) is 13.8 Å². The van der Waals surface area contributed by atoms with E-state index in [1.54, 1.807) is 0 Å². The van der Waals surface area contributed by atoms with Gasteiger partial charge in [-0.25, -0.2) is 4.79 Å². The predicted octanol–water partition coefficient (Wildman–Crippen LogP) is 1.44. The molecule has 2 amide bonds. The van der Waals surface area contributed by atoms with Gasteiger partial charge in [0.15, 0.2) is 0 Å². The van der Waals surface area contributed by atoms with Gasteiger partial charge in [0, 0.05) is 45.4 Å². The molecule has 0 aliphatic carbocycles. The lowest BCUT2D eigenvalue weighted by Crippen LogP contribution is -2.52. The molecule has 0 saturated carbocycles. The molecule has 1 aliphatic rings. The smallest absolute Gasteiger partial charge is 0.315 e. The van der Waals surface area contributed by atoms with Gasteiger partial charge in [0.05, 0.1) is 0 Å². The first-order valence-corrected chi connectivity index (χ1v) is 7.51. The molecular formula is C14H29N3O2. The van der Waals surface area contributed by atoms with Crippen LogP contribution in [0.2, 0.25) is 0 Å². The van der Waals surface area contributed by atoms with Crippen molar-refractivity contribution in [2.24, 2.45) is 5.92 Å². The standard InChI is InChI=1S/C14H29N3O2/c1-4-15-14(18)16-13-7-9-17(11-12(13)3)8-6-10-19-5-2/h12-13H,4-11H2,1-3H3,(H2,15,16,18)/t12-,13+/m1/s1. The molecule has 2 atom stereocenters. The van der Waals surface area contributed by atoms with E-state index in [2.05, 4.69) is 22.5 Å². The van der Waals surface area contributed by atoms with Crippen LogP contribution in [0.15, 0.2) is 0 Å². The maximum atomic E-state index is 11.5. The zero-order chi connectivity index (χ0) is 14.1. The highest BCUT2D eigenvalue weighted by molar-refractivity contribution is 5.74. The van der Waals surface area contributed by atoms with E-state index in [0.717, 1.165) is 45.7 Å². The van der Waals surface area contributed by atoms with Gasteiger partial charge in [-0.15, -0.1) is 0 Å². The lowest BCUT2D eigenvalue weighted by Gasteiger charge is -2.37. The molecule has 1 fully saturated rings. The first kappa shape index (κ1) is 16.2. The lowest BCUT2D eigenvalue weighted by atomic mass is 9.94. The van der Waals surface area contributed by atoms with Crippen LogP contribution in [0.1, 0.15) is 33.6 Å². The molecule has 19 heavy (non-hydrogen) atoms. The van der Waals surface area contributed by atoms with Gasteiger partial charge in [-0.3, -0.25) is 0 Å². The molecule has 0 aromatic carbocycles. The van der Waals surface area contributed by atoms with Crippen molar-refractivity contribution in [3.05, 3.63) is 0 Å². The molecule has 1 rings (SSSR count). The van der Waals surface area contributed by atoms with Crippen molar-refractivity contribution in [3.63, 3.8) is 0 Å². The number of hydrogen-bond acceptors (Lipinski definition) is 3. The summed E-state index contributed by atoms with van der Waals surface area (Å²) >= 11 is 0. The van der Waals surface area contributed by atoms with Crippen molar-refractivity contribution in [1.82, 2.24) is 15.5 Å². The first-order valence-electron chi connectivity index (χ1n) is 7.51. The van der Waals surface area contributed by atoms with E-state index < -0.39 is 0 Å². The van der Waals surface area contributed by atoms with Crippen LogP contribution in [-0.2, 0) is 4.74 Å². The van der Waals surface area contributed by atoms with Crippen molar-refractivity contribution >= 4 is 6.03 Å². The van der Waals surface area contributed by atoms with Gasteiger partial charge in [-0.2, -0.15) is 0 Å². The molecule has 5 nitrogen and oxygen atoms in total. The number of ether oxygens (including phenoxy) is 1. The quantitative estimate of drug-likeness (QED) is 0.689. The van der Waals surface area contributed by atoms with Crippen molar-refractivity contribution in [2.75, 3.05) is 39.4 Å². The van der Waals surface area contributed by atoms with E-state index in [1.165, 1.54) is 0 Å². The Morgan fingerprint density at radius 1 is 1.42 bits per heavy atom. The summed E-state index contributed by atoms with van der Waals surface area (Å²) in [6, 6.07) is 0.263. The van der Waals surface area contributed by atoms with Gasteiger partial charge in [-0.1, -0.05) is 6.92 Å². The average molecular weight is 271 g/mol. The Balaban J connectivity index is 2.21. The highest BCUT2D eigenvalue weighted by atomic mass is 16.5. The largest absolute Gasteiger partial charge is 0.382 e. The first-order chi connectivity index (χ1) is 9.17. The Labute approximate surface area is 117 Å². The zero-order valence-corrected chi connectivity index (χ0v) is 12.6. The molecule has 5 heteroatoms. The summed E-state index contributed by atoms with van der Waals surface area (Å²) < 4.78 is 5.36. The summed E-state index contributed by atoms with van der Waals surface area (Å²) in [6.07, 6.45) is 2.13. The van der Waals surface area contributed by atoms with Gasteiger partial charge in [0.1, 0.15) is 0 Å². The van der Waals surface area contributed by atoms with Gasteiger partial charge in [0.25, 0.3) is 0 Å². The summed E-state index contributed by atoms with van der Waals surface area (Å²) in [5.74, 6) is 0.503. The second-order valence-electron chi connectivity index (χ2n) is 5.23. The Hall–Kier alpha value is -0.810. The molecule has 1 aliphatic heterocycles. The molecule has 2 N–H and O–H groups in total.